The van der Waals surface area contributed by atoms with Gasteiger partial charge in [0.1, 0.15) is 17.6 Å². The van der Waals surface area contributed by atoms with Gasteiger partial charge in [0.2, 0.25) is 0 Å². The highest BCUT2D eigenvalue weighted by molar-refractivity contribution is 7.22. The molecule has 0 unspecified atom stereocenters. The Morgan fingerprint density at radius 2 is 1.82 bits per heavy atom. The van der Waals surface area contributed by atoms with Gasteiger partial charge in [-0.15, -0.1) is 0 Å². The molecule has 2 aliphatic heterocycles. The van der Waals surface area contributed by atoms with Crippen molar-refractivity contribution in [3.63, 3.8) is 0 Å². The number of Topliss-reactive ketones (excluding diaryl/α,β-unsaturated/α-hetero) is 1. The molecule has 9 heteroatoms. The summed E-state index contributed by atoms with van der Waals surface area (Å²) < 4.78 is 17.7. The van der Waals surface area contributed by atoms with Crippen LogP contribution in [0.25, 0.3) is 16.0 Å². The number of aromatic nitrogens is 1. The number of nitrogens with zero attached hydrogens (tertiary/aromatic N) is 2. The number of fused-ring (bicyclic) bond motifs is 2. The van der Waals surface area contributed by atoms with E-state index in [1.165, 1.54) is 30.5 Å². The van der Waals surface area contributed by atoms with Crippen LogP contribution in [0, 0.1) is 13.8 Å². The minimum Gasteiger partial charge on any atom is -0.507 e. The Kier molecular flexibility index (Phi) is 6.26. The predicted octanol–water partition coefficient (Wildman–Crippen LogP) is 5.88. The Bertz CT molecular complexity index is 1740. The Labute approximate surface area is 235 Å². The topological polar surface area (TPSA) is 98.2 Å². The summed E-state index contributed by atoms with van der Waals surface area (Å²) >= 11 is 1.34. The normalized spacial score (nSPS) is 19.7. The van der Waals surface area contributed by atoms with Crippen LogP contribution >= 0.6 is 11.3 Å². The number of hydrogen-bond donors (Lipinski definition) is 1. The molecule has 0 radical (unpaired) electrons. The molecule has 3 heterocycles. The number of carbonyl (C=O) groups is 2. The van der Waals surface area contributed by atoms with Crippen LogP contribution in [0.3, 0.4) is 0 Å². The van der Waals surface area contributed by atoms with Crippen molar-refractivity contribution in [3.8, 4) is 17.2 Å². The quantitative estimate of drug-likeness (QED) is 0.186. The molecule has 2 aliphatic rings. The highest BCUT2D eigenvalue weighted by atomic mass is 32.1. The summed E-state index contributed by atoms with van der Waals surface area (Å²) in [5.41, 5.74) is 4.76. The highest BCUT2D eigenvalue weighted by Crippen LogP contribution is 2.46. The Morgan fingerprint density at radius 1 is 1.05 bits per heavy atom. The summed E-state index contributed by atoms with van der Waals surface area (Å²) in [6.45, 7) is 5.95. The molecule has 6 rings (SSSR count). The fourth-order valence-electron chi connectivity index (χ4n) is 5.55. The molecule has 0 aliphatic carbocycles. The molecule has 8 nitrogen and oxygen atoms in total. The zero-order chi connectivity index (χ0) is 28.3. The molecular formula is C31H28N2O6S. The van der Waals surface area contributed by atoms with Gasteiger partial charge in [0.15, 0.2) is 16.6 Å². The minimum absolute atomic E-state index is 0.0173. The predicted molar refractivity (Wildman–Crippen MR) is 154 cm³/mol. The first-order valence-corrected chi connectivity index (χ1v) is 13.7. The standard InChI is InChI=1S/C31H28N2O6S/c1-15-10-16(2)26-24(11-15)40-31(32-26)33-27(18-6-9-22(37-4)23(14-18)38-5)25(29(35)30(33)36)28(34)19-7-8-21-20(13-19)12-17(3)39-21/h6-11,13-14,17,27,34H,12H2,1-5H3/t17-,27+/m0/s1. The first-order chi connectivity index (χ1) is 19.2. The molecule has 0 saturated carbocycles. The number of hydrogen-bond acceptors (Lipinski definition) is 8. The summed E-state index contributed by atoms with van der Waals surface area (Å²) in [6.07, 6.45) is 0.713. The number of ether oxygens (including phenoxy) is 3. The zero-order valence-corrected chi connectivity index (χ0v) is 23.6. The van der Waals surface area contributed by atoms with E-state index in [4.69, 9.17) is 19.2 Å². The summed E-state index contributed by atoms with van der Waals surface area (Å²) in [5, 5.41) is 12.0. The number of carbonyl (C=O) groups excluding carboxylic acids is 2. The maximum atomic E-state index is 13.7. The van der Waals surface area contributed by atoms with Gasteiger partial charge < -0.3 is 19.3 Å². The molecule has 40 heavy (non-hydrogen) atoms. The van der Waals surface area contributed by atoms with Crippen LogP contribution in [0.15, 0.2) is 54.1 Å². The average Bonchev–Trinajstić information content (AvgIpc) is 3.60. The lowest BCUT2D eigenvalue weighted by Crippen LogP contribution is -2.29. The van der Waals surface area contributed by atoms with E-state index in [1.807, 2.05) is 39.0 Å². The van der Waals surface area contributed by atoms with E-state index in [-0.39, 0.29) is 17.4 Å². The van der Waals surface area contributed by atoms with E-state index in [2.05, 4.69) is 0 Å². The van der Waals surface area contributed by atoms with Gasteiger partial charge in [-0.1, -0.05) is 23.5 Å². The van der Waals surface area contributed by atoms with Crippen molar-refractivity contribution >= 4 is 44.1 Å². The lowest BCUT2D eigenvalue weighted by atomic mass is 9.94. The van der Waals surface area contributed by atoms with Crippen molar-refractivity contribution in [1.82, 2.24) is 4.98 Å². The van der Waals surface area contributed by atoms with Crippen LogP contribution in [0.4, 0.5) is 5.13 Å². The fraction of sp³-hybridized carbons (Fsp3) is 0.258. The molecule has 2 atom stereocenters. The van der Waals surface area contributed by atoms with Gasteiger partial charge in [-0.3, -0.25) is 14.5 Å². The largest absolute Gasteiger partial charge is 0.507 e. The number of aliphatic hydroxyl groups is 1. The first kappa shape index (κ1) is 25.9. The Morgan fingerprint density at radius 3 is 2.58 bits per heavy atom. The number of methoxy groups -OCH3 is 2. The van der Waals surface area contributed by atoms with Gasteiger partial charge >= 0.3 is 5.91 Å². The molecule has 0 spiro atoms. The lowest BCUT2D eigenvalue weighted by molar-refractivity contribution is -0.132. The van der Waals surface area contributed by atoms with E-state index in [0.717, 1.165) is 32.7 Å². The SMILES string of the molecule is COc1ccc([C@@H]2C(=C(O)c3ccc4c(c3)C[C@H](C)O4)C(=O)C(=O)N2c2nc3c(C)cc(C)cc3s2)cc1OC. The molecule has 1 fully saturated rings. The number of benzene rings is 3. The Balaban J connectivity index is 1.57. The fourth-order valence-corrected chi connectivity index (χ4v) is 6.72. The average molecular weight is 557 g/mol. The van der Waals surface area contributed by atoms with Gasteiger partial charge in [0.05, 0.1) is 36.1 Å². The number of aryl methyl sites for hydroxylation is 2. The molecule has 1 N–H and O–H groups in total. The number of anilines is 1. The smallest absolute Gasteiger partial charge is 0.301 e. The maximum absolute atomic E-state index is 13.7. The second-order valence-corrected chi connectivity index (χ2v) is 11.2. The van der Waals surface area contributed by atoms with E-state index >= 15 is 0 Å². The van der Waals surface area contributed by atoms with Crippen molar-refractivity contribution in [2.24, 2.45) is 0 Å². The van der Waals surface area contributed by atoms with Crippen LogP contribution in [0.1, 0.15) is 40.8 Å². The second kappa shape index (κ2) is 9.67. The van der Waals surface area contributed by atoms with E-state index < -0.39 is 17.7 Å². The van der Waals surface area contributed by atoms with E-state index in [1.54, 1.807) is 30.3 Å². The van der Waals surface area contributed by atoms with Gasteiger partial charge in [-0.2, -0.15) is 0 Å². The van der Waals surface area contributed by atoms with Crippen LogP contribution in [-0.4, -0.2) is 42.1 Å². The van der Waals surface area contributed by atoms with Crippen LogP contribution in [-0.2, 0) is 16.0 Å². The summed E-state index contributed by atoms with van der Waals surface area (Å²) in [7, 11) is 3.05. The summed E-state index contributed by atoms with van der Waals surface area (Å²) in [5.74, 6) is -0.105. The third-order valence-corrected chi connectivity index (χ3v) is 8.36. The first-order valence-electron chi connectivity index (χ1n) is 12.9. The van der Waals surface area contributed by atoms with Gasteiger partial charge in [0, 0.05) is 12.0 Å². The molecule has 1 aromatic heterocycles. The molecular weight excluding hydrogens is 528 g/mol. The number of ketones is 1. The third kappa shape index (κ3) is 4.08. The second-order valence-electron chi connectivity index (χ2n) is 10.2. The van der Waals surface area contributed by atoms with Crippen molar-refractivity contribution in [2.45, 2.75) is 39.3 Å². The van der Waals surface area contributed by atoms with Crippen LogP contribution < -0.4 is 19.1 Å². The van der Waals surface area contributed by atoms with Crippen molar-refractivity contribution < 1.29 is 28.9 Å². The van der Waals surface area contributed by atoms with Crippen molar-refractivity contribution in [1.29, 1.82) is 0 Å². The van der Waals surface area contributed by atoms with Gasteiger partial charge in [-0.05, 0) is 79.4 Å². The molecule has 1 saturated heterocycles. The zero-order valence-electron chi connectivity index (χ0n) is 22.8. The monoisotopic (exact) mass is 556 g/mol. The lowest BCUT2D eigenvalue weighted by Gasteiger charge is -2.23. The van der Waals surface area contributed by atoms with Gasteiger partial charge in [-0.25, -0.2) is 4.98 Å². The van der Waals surface area contributed by atoms with E-state index in [0.29, 0.717) is 34.2 Å². The summed E-state index contributed by atoms with van der Waals surface area (Å²) in [6, 6.07) is 13.6. The third-order valence-electron chi connectivity index (χ3n) is 7.36. The number of amides is 1. The number of thiazole rings is 1. The van der Waals surface area contributed by atoms with Crippen molar-refractivity contribution in [3.05, 3.63) is 81.9 Å². The van der Waals surface area contributed by atoms with Gasteiger partial charge in [0.25, 0.3) is 5.78 Å². The van der Waals surface area contributed by atoms with Crippen LogP contribution in [0.2, 0.25) is 0 Å². The van der Waals surface area contributed by atoms with Crippen molar-refractivity contribution in [2.75, 3.05) is 19.1 Å². The number of rotatable bonds is 5. The summed E-state index contributed by atoms with van der Waals surface area (Å²) in [4.78, 5) is 33.5. The van der Waals surface area contributed by atoms with E-state index in [9.17, 15) is 14.7 Å². The molecule has 3 aromatic carbocycles. The number of aliphatic hydroxyl groups excluding tert-OH is 1. The minimum atomic E-state index is -0.940. The van der Waals surface area contributed by atoms with Crippen LogP contribution in [0.5, 0.6) is 17.2 Å². The molecule has 1 amide bonds. The molecule has 204 valence electrons. The molecule has 0 bridgehead atoms. The Hall–Kier alpha value is -4.37. The molecule has 4 aromatic rings. The maximum Gasteiger partial charge on any atom is 0.301 e. The highest BCUT2D eigenvalue weighted by Gasteiger charge is 2.48.